The number of aliphatic hydroxyl groups is 1. The van der Waals surface area contributed by atoms with Gasteiger partial charge in [0.05, 0.1) is 13.2 Å². The zero-order chi connectivity index (χ0) is 11.1. The van der Waals surface area contributed by atoms with Crippen LogP contribution in [0.15, 0.2) is 0 Å². The Labute approximate surface area is 90.4 Å². The quantitative estimate of drug-likeness (QED) is 0.563. The van der Waals surface area contributed by atoms with Gasteiger partial charge in [-0.25, -0.2) is 0 Å². The second-order valence-corrected chi connectivity index (χ2v) is 3.92. The Morgan fingerprint density at radius 3 is 3.07 bits per heavy atom. The van der Waals surface area contributed by atoms with Crippen LogP contribution in [0.1, 0.15) is 6.42 Å². The van der Waals surface area contributed by atoms with Crippen LogP contribution in [0, 0.1) is 5.92 Å². The first-order chi connectivity index (χ1) is 7.26. The van der Waals surface area contributed by atoms with Gasteiger partial charge in [-0.3, -0.25) is 9.69 Å². The van der Waals surface area contributed by atoms with Gasteiger partial charge in [-0.1, -0.05) is 0 Å². The van der Waals surface area contributed by atoms with E-state index >= 15 is 0 Å². The van der Waals surface area contributed by atoms with Crippen molar-refractivity contribution in [2.45, 2.75) is 6.42 Å². The molecule has 1 amide bonds. The standard InChI is InChI=1S/C10H20N2O3/c1-15-5-3-11-10(14)7-12-4-2-9(6-12)8-13/h9,13H,2-8H2,1H3,(H,11,14)/t9-/m1/s1. The Hall–Kier alpha value is -0.650. The molecule has 0 aromatic carbocycles. The van der Waals surface area contributed by atoms with Crippen LogP contribution in [-0.2, 0) is 9.53 Å². The number of nitrogens with zero attached hydrogens (tertiary/aromatic N) is 1. The summed E-state index contributed by atoms with van der Waals surface area (Å²) < 4.78 is 4.84. The third-order valence-electron chi connectivity index (χ3n) is 2.62. The molecule has 5 nitrogen and oxygen atoms in total. The van der Waals surface area contributed by atoms with Crippen molar-refractivity contribution in [1.82, 2.24) is 10.2 Å². The van der Waals surface area contributed by atoms with E-state index in [-0.39, 0.29) is 12.5 Å². The van der Waals surface area contributed by atoms with Crippen LogP contribution >= 0.6 is 0 Å². The molecule has 0 spiro atoms. The average Bonchev–Trinajstić information content (AvgIpc) is 2.66. The van der Waals surface area contributed by atoms with E-state index in [4.69, 9.17) is 9.84 Å². The highest BCUT2D eigenvalue weighted by Gasteiger charge is 2.22. The van der Waals surface area contributed by atoms with E-state index in [1.807, 2.05) is 0 Å². The number of amides is 1. The monoisotopic (exact) mass is 216 g/mol. The van der Waals surface area contributed by atoms with E-state index in [2.05, 4.69) is 10.2 Å². The highest BCUT2D eigenvalue weighted by Crippen LogP contribution is 2.14. The van der Waals surface area contributed by atoms with Crippen molar-refractivity contribution in [1.29, 1.82) is 0 Å². The molecule has 15 heavy (non-hydrogen) atoms. The molecular formula is C10H20N2O3. The van der Waals surface area contributed by atoms with Crippen molar-refractivity contribution in [2.24, 2.45) is 5.92 Å². The van der Waals surface area contributed by atoms with Crippen LogP contribution in [0.3, 0.4) is 0 Å². The second kappa shape index (κ2) is 6.76. The van der Waals surface area contributed by atoms with Crippen molar-refractivity contribution in [3.63, 3.8) is 0 Å². The molecule has 1 fully saturated rings. The van der Waals surface area contributed by atoms with E-state index in [9.17, 15) is 4.79 Å². The number of likely N-dealkylation sites (tertiary alicyclic amines) is 1. The lowest BCUT2D eigenvalue weighted by Crippen LogP contribution is -2.37. The van der Waals surface area contributed by atoms with Gasteiger partial charge in [-0.15, -0.1) is 0 Å². The highest BCUT2D eigenvalue weighted by atomic mass is 16.5. The summed E-state index contributed by atoms with van der Waals surface area (Å²) >= 11 is 0. The number of carbonyl (C=O) groups is 1. The lowest BCUT2D eigenvalue weighted by molar-refractivity contribution is -0.122. The van der Waals surface area contributed by atoms with Gasteiger partial charge in [-0.2, -0.15) is 0 Å². The molecule has 1 aliphatic heterocycles. The Kier molecular flexibility index (Phi) is 5.60. The van der Waals surface area contributed by atoms with Crippen LogP contribution in [0.2, 0.25) is 0 Å². The maximum Gasteiger partial charge on any atom is 0.234 e. The summed E-state index contributed by atoms with van der Waals surface area (Å²) in [5, 5.41) is 11.7. The van der Waals surface area contributed by atoms with Crippen molar-refractivity contribution >= 4 is 5.91 Å². The summed E-state index contributed by atoms with van der Waals surface area (Å²) in [5.41, 5.74) is 0. The number of methoxy groups -OCH3 is 1. The summed E-state index contributed by atoms with van der Waals surface area (Å²) in [4.78, 5) is 13.5. The molecule has 0 saturated carbocycles. The van der Waals surface area contributed by atoms with Gasteiger partial charge in [0, 0.05) is 26.8 Å². The predicted octanol–water partition coefficient (Wildman–Crippen LogP) is -0.937. The molecular weight excluding hydrogens is 196 g/mol. The lowest BCUT2D eigenvalue weighted by atomic mass is 10.1. The zero-order valence-corrected chi connectivity index (χ0v) is 9.24. The summed E-state index contributed by atoms with van der Waals surface area (Å²) in [5.74, 6) is 0.377. The molecule has 0 unspecified atom stereocenters. The topological polar surface area (TPSA) is 61.8 Å². The molecule has 2 N–H and O–H groups in total. The summed E-state index contributed by atoms with van der Waals surface area (Å²) in [6, 6.07) is 0. The smallest absolute Gasteiger partial charge is 0.234 e. The minimum absolute atomic E-state index is 0.0330. The Morgan fingerprint density at radius 2 is 2.47 bits per heavy atom. The number of hydrogen-bond acceptors (Lipinski definition) is 4. The molecule has 1 rings (SSSR count). The van der Waals surface area contributed by atoms with Gasteiger partial charge in [-0.05, 0) is 18.9 Å². The van der Waals surface area contributed by atoms with Crippen LogP contribution < -0.4 is 5.32 Å². The van der Waals surface area contributed by atoms with Crippen LogP contribution in [-0.4, -0.2) is 62.4 Å². The van der Waals surface area contributed by atoms with Crippen molar-refractivity contribution in [2.75, 3.05) is 46.5 Å². The highest BCUT2D eigenvalue weighted by molar-refractivity contribution is 5.78. The number of nitrogens with one attached hydrogen (secondary N) is 1. The number of rotatable bonds is 6. The van der Waals surface area contributed by atoms with E-state index in [0.29, 0.717) is 25.6 Å². The normalized spacial score (nSPS) is 21.9. The number of hydrogen-bond donors (Lipinski definition) is 2. The Bertz CT molecular complexity index is 199. The molecule has 0 aromatic rings. The Morgan fingerprint density at radius 1 is 1.67 bits per heavy atom. The fourth-order valence-electron chi connectivity index (χ4n) is 1.76. The third kappa shape index (κ3) is 4.59. The molecule has 88 valence electrons. The first-order valence-corrected chi connectivity index (χ1v) is 5.35. The van der Waals surface area contributed by atoms with Crippen LogP contribution in [0.25, 0.3) is 0 Å². The van der Waals surface area contributed by atoms with E-state index in [1.54, 1.807) is 7.11 Å². The number of carbonyl (C=O) groups excluding carboxylic acids is 1. The summed E-state index contributed by atoms with van der Waals surface area (Å²) in [6.07, 6.45) is 0.988. The molecule has 1 saturated heterocycles. The second-order valence-electron chi connectivity index (χ2n) is 3.92. The molecule has 5 heteroatoms. The van der Waals surface area contributed by atoms with Gasteiger partial charge < -0.3 is 15.2 Å². The van der Waals surface area contributed by atoms with E-state index in [0.717, 1.165) is 19.5 Å². The molecule has 1 aliphatic rings. The van der Waals surface area contributed by atoms with Crippen molar-refractivity contribution < 1.29 is 14.6 Å². The fraction of sp³-hybridized carbons (Fsp3) is 0.900. The van der Waals surface area contributed by atoms with Gasteiger partial charge in [0.25, 0.3) is 0 Å². The fourth-order valence-corrected chi connectivity index (χ4v) is 1.76. The van der Waals surface area contributed by atoms with Crippen LogP contribution in [0.4, 0.5) is 0 Å². The lowest BCUT2D eigenvalue weighted by Gasteiger charge is -2.14. The third-order valence-corrected chi connectivity index (χ3v) is 2.62. The van der Waals surface area contributed by atoms with Gasteiger partial charge in [0.1, 0.15) is 0 Å². The molecule has 1 atom stereocenters. The largest absolute Gasteiger partial charge is 0.396 e. The molecule has 0 aliphatic carbocycles. The van der Waals surface area contributed by atoms with E-state index < -0.39 is 0 Å². The molecule has 0 radical (unpaired) electrons. The van der Waals surface area contributed by atoms with Gasteiger partial charge in [0.15, 0.2) is 0 Å². The molecule has 0 aromatic heterocycles. The van der Waals surface area contributed by atoms with Gasteiger partial charge in [0.2, 0.25) is 5.91 Å². The first kappa shape index (κ1) is 12.4. The molecule has 0 bridgehead atoms. The average molecular weight is 216 g/mol. The summed E-state index contributed by atoms with van der Waals surface area (Å²) in [6.45, 7) is 3.50. The predicted molar refractivity (Wildman–Crippen MR) is 56.5 cm³/mol. The maximum absolute atomic E-state index is 11.4. The Balaban J connectivity index is 2.10. The zero-order valence-electron chi connectivity index (χ0n) is 9.24. The van der Waals surface area contributed by atoms with E-state index in [1.165, 1.54) is 0 Å². The minimum atomic E-state index is 0.0330. The summed E-state index contributed by atoms with van der Waals surface area (Å²) in [7, 11) is 1.61. The van der Waals surface area contributed by atoms with Gasteiger partial charge >= 0.3 is 0 Å². The SMILES string of the molecule is COCCNC(=O)CN1CC[C@@H](CO)C1. The van der Waals surface area contributed by atoms with Crippen molar-refractivity contribution in [3.05, 3.63) is 0 Å². The first-order valence-electron chi connectivity index (χ1n) is 5.35. The maximum atomic E-state index is 11.4. The molecule has 1 heterocycles. The minimum Gasteiger partial charge on any atom is -0.396 e. The number of aliphatic hydroxyl groups excluding tert-OH is 1. The van der Waals surface area contributed by atoms with Crippen molar-refractivity contribution in [3.8, 4) is 0 Å². The number of ether oxygens (including phenoxy) is 1. The van der Waals surface area contributed by atoms with Crippen LogP contribution in [0.5, 0.6) is 0 Å².